The van der Waals surface area contributed by atoms with Crippen LogP contribution in [0.15, 0.2) is 29.2 Å². The maximum Gasteiger partial charge on any atom is 0.240 e. The molecule has 10 heteroatoms. The molecule has 2 N–H and O–H groups in total. The highest BCUT2D eigenvalue weighted by Gasteiger charge is 2.27. The molecule has 2 fully saturated rings. The zero-order chi connectivity index (χ0) is 21.7. The van der Waals surface area contributed by atoms with Crippen LogP contribution in [0.25, 0.3) is 0 Å². The summed E-state index contributed by atoms with van der Waals surface area (Å²) in [6.45, 7) is 4.55. The number of amides is 2. The van der Waals surface area contributed by atoms with E-state index in [1.807, 2.05) is 4.90 Å². The van der Waals surface area contributed by atoms with E-state index in [1.54, 1.807) is 24.0 Å². The third-order valence-electron chi connectivity index (χ3n) is 5.71. The van der Waals surface area contributed by atoms with Crippen molar-refractivity contribution < 1.29 is 18.0 Å². The topological polar surface area (TPSA) is 98.8 Å². The quantitative estimate of drug-likeness (QED) is 0.670. The lowest BCUT2D eigenvalue weighted by Crippen LogP contribution is -2.50. The van der Waals surface area contributed by atoms with Crippen molar-refractivity contribution in [3.8, 4) is 0 Å². The Balaban J connectivity index is 1.39. The summed E-state index contributed by atoms with van der Waals surface area (Å²) in [5, 5.41) is 3.55. The predicted octanol–water partition coefficient (Wildman–Crippen LogP) is 1.21. The van der Waals surface area contributed by atoms with Gasteiger partial charge in [0.1, 0.15) is 0 Å². The van der Waals surface area contributed by atoms with Crippen LogP contribution >= 0.6 is 11.6 Å². The number of benzene rings is 1. The molecular weight excluding hydrogens is 428 g/mol. The van der Waals surface area contributed by atoms with E-state index in [1.165, 1.54) is 12.1 Å². The highest BCUT2D eigenvalue weighted by Crippen LogP contribution is 2.17. The second-order valence-electron chi connectivity index (χ2n) is 7.97. The number of carbonyl (C=O) groups excluding carboxylic acids is 2. The molecule has 166 valence electrons. The van der Waals surface area contributed by atoms with Gasteiger partial charge >= 0.3 is 0 Å². The largest absolute Gasteiger partial charge is 0.352 e. The highest BCUT2D eigenvalue weighted by molar-refractivity contribution is 7.89. The smallest absolute Gasteiger partial charge is 0.240 e. The Morgan fingerprint density at radius 2 is 1.57 bits per heavy atom. The number of hydrogen-bond acceptors (Lipinski definition) is 5. The molecule has 2 amide bonds. The van der Waals surface area contributed by atoms with Crippen molar-refractivity contribution in [1.29, 1.82) is 0 Å². The van der Waals surface area contributed by atoms with Crippen LogP contribution in [0.5, 0.6) is 0 Å². The van der Waals surface area contributed by atoms with E-state index in [0.29, 0.717) is 50.6 Å². The number of hydrogen-bond donors (Lipinski definition) is 2. The number of sulfonamides is 1. The third kappa shape index (κ3) is 6.41. The van der Waals surface area contributed by atoms with Crippen LogP contribution < -0.4 is 10.0 Å². The van der Waals surface area contributed by atoms with Crippen molar-refractivity contribution in [2.24, 2.45) is 0 Å². The van der Waals surface area contributed by atoms with Crippen LogP contribution in [-0.2, 0) is 19.6 Å². The van der Waals surface area contributed by atoms with E-state index in [4.69, 9.17) is 11.6 Å². The number of nitrogens with zero attached hydrogens (tertiary/aromatic N) is 2. The molecule has 0 spiro atoms. The minimum atomic E-state index is -3.58. The van der Waals surface area contributed by atoms with Gasteiger partial charge in [-0.05, 0) is 49.9 Å². The van der Waals surface area contributed by atoms with Gasteiger partial charge in [-0.1, -0.05) is 11.6 Å². The lowest BCUT2D eigenvalue weighted by molar-refractivity contribution is -0.130. The third-order valence-corrected chi connectivity index (χ3v) is 7.49. The number of carbonyl (C=O) groups is 2. The molecule has 0 bridgehead atoms. The van der Waals surface area contributed by atoms with Crippen molar-refractivity contribution in [3.63, 3.8) is 0 Å². The van der Waals surface area contributed by atoms with Crippen molar-refractivity contribution in [1.82, 2.24) is 19.8 Å². The van der Waals surface area contributed by atoms with Gasteiger partial charge in [0, 0.05) is 50.2 Å². The molecule has 3 rings (SSSR count). The van der Waals surface area contributed by atoms with Crippen LogP contribution in [0, 0.1) is 0 Å². The Labute approximate surface area is 183 Å². The molecule has 2 aliphatic rings. The minimum absolute atomic E-state index is 0.0172. The summed E-state index contributed by atoms with van der Waals surface area (Å²) in [6.07, 6.45) is 2.86. The first-order valence-corrected chi connectivity index (χ1v) is 12.1. The minimum Gasteiger partial charge on any atom is -0.352 e. The van der Waals surface area contributed by atoms with Crippen LogP contribution in [0.3, 0.4) is 0 Å². The molecule has 30 heavy (non-hydrogen) atoms. The molecule has 0 aliphatic carbocycles. The van der Waals surface area contributed by atoms with Gasteiger partial charge in [-0.25, -0.2) is 13.1 Å². The SMILES string of the molecule is CC(=O)N1CCC(NC(=O)CN2CCC(NS(=O)(=O)c3ccc(Cl)cc3)CC2)CC1. The van der Waals surface area contributed by atoms with Gasteiger partial charge in [0.15, 0.2) is 0 Å². The van der Waals surface area contributed by atoms with E-state index in [-0.39, 0.29) is 28.8 Å². The van der Waals surface area contributed by atoms with Gasteiger partial charge in [0.25, 0.3) is 0 Å². The van der Waals surface area contributed by atoms with E-state index in [0.717, 1.165) is 12.8 Å². The number of halogens is 1. The molecule has 0 atom stereocenters. The zero-order valence-corrected chi connectivity index (χ0v) is 18.7. The molecule has 0 saturated carbocycles. The molecule has 1 aromatic carbocycles. The Hall–Kier alpha value is -1.68. The standard InChI is InChI=1S/C20H29ClN4O4S/c1-15(26)25-12-8-17(9-13-25)22-20(27)14-24-10-6-18(7-11-24)23-30(28,29)19-4-2-16(21)3-5-19/h2-5,17-18,23H,6-14H2,1H3,(H,22,27). The molecular formula is C20H29ClN4O4S. The van der Waals surface area contributed by atoms with Crippen molar-refractivity contribution in [2.45, 2.75) is 49.6 Å². The summed E-state index contributed by atoms with van der Waals surface area (Å²) >= 11 is 5.82. The Morgan fingerprint density at radius 3 is 2.13 bits per heavy atom. The van der Waals surface area contributed by atoms with Crippen molar-refractivity contribution in [3.05, 3.63) is 29.3 Å². The molecule has 2 aliphatic heterocycles. The summed E-state index contributed by atoms with van der Waals surface area (Å²) in [5.74, 6) is 0.0609. The number of rotatable bonds is 6. The molecule has 1 aromatic rings. The predicted molar refractivity (Wildman–Crippen MR) is 115 cm³/mol. The first kappa shape index (κ1) is 23.0. The fourth-order valence-corrected chi connectivity index (χ4v) is 5.36. The molecule has 0 aromatic heterocycles. The Morgan fingerprint density at radius 1 is 1.00 bits per heavy atom. The molecule has 0 radical (unpaired) electrons. The second kappa shape index (κ2) is 10.1. The van der Waals surface area contributed by atoms with Gasteiger partial charge in [0.2, 0.25) is 21.8 Å². The molecule has 2 saturated heterocycles. The monoisotopic (exact) mass is 456 g/mol. The van der Waals surface area contributed by atoms with Gasteiger partial charge in [0.05, 0.1) is 11.4 Å². The van der Waals surface area contributed by atoms with Gasteiger partial charge in [-0.15, -0.1) is 0 Å². The van der Waals surface area contributed by atoms with Crippen LogP contribution in [-0.4, -0.2) is 74.8 Å². The van der Waals surface area contributed by atoms with E-state index >= 15 is 0 Å². The summed E-state index contributed by atoms with van der Waals surface area (Å²) in [5.41, 5.74) is 0. The van der Waals surface area contributed by atoms with Crippen LogP contribution in [0.4, 0.5) is 0 Å². The Kier molecular flexibility index (Phi) is 7.73. The molecule has 2 heterocycles. The zero-order valence-electron chi connectivity index (χ0n) is 17.1. The van der Waals surface area contributed by atoms with Gasteiger partial charge in [-0.3, -0.25) is 14.5 Å². The number of nitrogens with one attached hydrogen (secondary N) is 2. The fourth-order valence-electron chi connectivity index (χ4n) is 3.93. The molecule has 8 nitrogen and oxygen atoms in total. The van der Waals surface area contributed by atoms with Crippen LogP contribution in [0.2, 0.25) is 5.02 Å². The normalized spacial score (nSPS) is 19.6. The summed E-state index contributed by atoms with van der Waals surface area (Å²) < 4.78 is 27.8. The van der Waals surface area contributed by atoms with Gasteiger partial charge < -0.3 is 10.2 Å². The summed E-state index contributed by atoms with van der Waals surface area (Å²) in [7, 11) is -3.58. The van der Waals surface area contributed by atoms with Crippen molar-refractivity contribution >= 4 is 33.4 Å². The molecule has 0 unspecified atom stereocenters. The van der Waals surface area contributed by atoms with E-state index < -0.39 is 10.0 Å². The summed E-state index contributed by atoms with van der Waals surface area (Å²) in [6, 6.07) is 6.05. The van der Waals surface area contributed by atoms with Gasteiger partial charge in [-0.2, -0.15) is 0 Å². The Bertz CT molecular complexity index is 846. The fraction of sp³-hybridized carbons (Fsp3) is 0.600. The van der Waals surface area contributed by atoms with Crippen LogP contribution in [0.1, 0.15) is 32.6 Å². The number of piperidine rings is 2. The van der Waals surface area contributed by atoms with E-state index in [2.05, 4.69) is 10.0 Å². The number of likely N-dealkylation sites (tertiary alicyclic amines) is 2. The first-order chi connectivity index (χ1) is 14.2. The lowest BCUT2D eigenvalue weighted by Gasteiger charge is -2.34. The average molecular weight is 457 g/mol. The maximum absolute atomic E-state index is 12.5. The maximum atomic E-state index is 12.5. The second-order valence-corrected chi connectivity index (χ2v) is 10.1. The lowest BCUT2D eigenvalue weighted by atomic mass is 10.0. The first-order valence-electron chi connectivity index (χ1n) is 10.3. The van der Waals surface area contributed by atoms with Crippen molar-refractivity contribution in [2.75, 3.05) is 32.7 Å². The highest BCUT2D eigenvalue weighted by atomic mass is 35.5. The summed E-state index contributed by atoms with van der Waals surface area (Å²) in [4.78, 5) is 27.8. The average Bonchev–Trinajstić information content (AvgIpc) is 2.70. The van der Waals surface area contributed by atoms with E-state index in [9.17, 15) is 18.0 Å².